The number of thioether (sulfide) groups is 1. The van der Waals surface area contributed by atoms with Crippen molar-refractivity contribution in [3.63, 3.8) is 0 Å². The lowest BCUT2D eigenvalue weighted by Gasteiger charge is -1.98. The summed E-state index contributed by atoms with van der Waals surface area (Å²) in [5.41, 5.74) is 0. The van der Waals surface area contributed by atoms with Crippen LogP contribution in [0, 0.1) is 6.92 Å². The van der Waals surface area contributed by atoms with Crippen molar-refractivity contribution in [1.82, 2.24) is 10.3 Å². The van der Waals surface area contributed by atoms with Crippen LogP contribution in [-0.4, -0.2) is 23.5 Å². The number of nitrogens with one attached hydrogen (secondary N) is 1. The Labute approximate surface area is 76.9 Å². The van der Waals surface area contributed by atoms with Gasteiger partial charge in [-0.3, -0.25) is 0 Å². The van der Waals surface area contributed by atoms with Gasteiger partial charge in [0, 0.05) is 12.3 Å². The minimum absolute atomic E-state index is 0.731. The Morgan fingerprint density at radius 1 is 1.67 bits per heavy atom. The zero-order chi connectivity index (χ0) is 8.81. The first-order chi connectivity index (χ1) is 5.83. The molecule has 4 heteroatoms. The van der Waals surface area contributed by atoms with Gasteiger partial charge in [0.15, 0.2) is 0 Å². The molecule has 1 aromatic rings. The Balaban J connectivity index is 2.15. The Morgan fingerprint density at radius 2 is 2.50 bits per heavy atom. The van der Waals surface area contributed by atoms with Crippen LogP contribution in [0.1, 0.15) is 11.7 Å². The number of nitrogens with zero attached hydrogens (tertiary/aromatic N) is 1. The van der Waals surface area contributed by atoms with Crippen LogP contribution >= 0.6 is 11.8 Å². The smallest absolute Gasteiger partial charge is 0.208 e. The summed E-state index contributed by atoms with van der Waals surface area (Å²) in [5, 5.41) is 3.24. The van der Waals surface area contributed by atoms with Gasteiger partial charge in [-0.25, -0.2) is 4.98 Å². The number of aryl methyl sites for hydroxylation is 1. The van der Waals surface area contributed by atoms with E-state index in [2.05, 4.69) is 16.6 Å². The van der Waals surface area contributed by atoms with Crippen molar-refractivity contribution in [1.29, 1.82) is 0 Å². The maximum Gasteiger partial charge on any atom is 0.208 e. The highest BCUT2D eigenvalue weighted by molar-refractivity contribution is 7.98. The molecular formula is C8H14N2OS. The Kier molecular flexibility index (Phi) is 4.18. The molecule has 0 saturated heterocycles. The van der Waals surface area contributed by atoms with E-state index >= 15 is 0 Å². The summed E-state index contributed by atoms with van der Waals surface area (Å²) in [6.45, 7) is 3.63. The van der Waals surface area contributed by atoms with E-state index in [1.54, 1.807) is 6.20 Å². The summed E-state index contributed by atoms with van der Waals surface area (Å²) in [5.74, 6) is 2.77. The topological polar surface area (TPSA) is 38.1 Å². The highest BCUT2D eigenvalue weighted by Gasteiger charge is 1.97. The third-order valence-corrected chi connectivity index (χ3v) is 2.04. The van der Waals surface area contributed by atoms with Crippen molar-refractivity contribution < 1.29 is 4.42 Å². The van der Waals surface area contributed by atoms with Crippen molar-refractivity contribution in [3.8, 4) is 0 Å². The Hall–Kier alpha value is -0.480. The molecule has 0 saturated carbocycles. The van der Waals surface area contributed by atoms with E-state index in [1.165, 1.54) is 0 Å². The van der Waals surface area contributed by atoms with Gasteiger partial charge in [-0.2, -0.15) is 11.8 Å². The van der Waals surface area contributed by atoms with Crippen molar-refractivity contribution in [2.45, 2.75) is 13.5 Å². The number of rotatable bonds is 5. The molecule has 1 aromatic heterocycles. The van der Waals surface area contributed by atoms with E-state index in [0.717, 1.165) is 30.5 Å². The molecule has 3 nitrogen and oxygen atoms in total. The largest absolute Gasteiger partial charge is 0.445 e. The molecule has 0 spiro atoms. The lowest BCUT2D eigenvalue weighted by Crippen LogP contribution is -2.16. The number of hydrogen-bond acceptors (Lipinski definition) is 4. The van der Waals surface area contributed by atoms with Gasteiger partial charge in [0.1, 0.15) is 5.76 Å². The van der Waals surface area contributed by atoms with Crippen LogP contribution in [0.3, 0.4) is 0 Å². The van der Waals surface area contributed by atoms with Gasteiger partial charge in [-0.15, -0.1) is 0 Å². The average molecular weight is 186 g/mol. The van der Waals surface area contributed by atoms with Gasteiger partial charge >= 0.3 is 0 Å². The predicted molar refractivity (Wildman–Crippen MR) is 51.3 cm³/mol. The summed E-state index contributed by atoms with van der Waals surface area (Å²) in [6.07, 6.45) is 3.84. The number of oxazole rings is 1. The first kappa shape index (κ1) is 9.61. The summed E-state index contributed by atoms with van der Waals surface area (Å²) < 4.78 is 5.28. The molecule has 0 fully saturated rings. The minimum Gasteiger partial charge on any atom is -0.445 e. The van der Waals surface area contributed by atoms with Gasteiger partial charge in [-0.05, 0) is 13.2 Å². The monoisotopic (exact) mass is 186 g/mol. The number of hydrogen-bond donors (Lipinski definition) is 1. The second-order valence-electron chi connectivity index (χ2n) is 2.53. The highest BCUT2D eigenvalue weighted by atomic mass is 32.2. The first-order valence-electron chi connectivity index (χ1n) is 3.94. The molecule has 0 unspecified atom stereocenters. The quantitative estimate of drug-likeness (QED) is 0.706. The molecule has 1 N–H and O–H groups in total. The van der Waals surface area contributed by atoms with Crippen LogP contribution in [0.15, 0.2) is 10.6 Å². The van der Waals surface area contributed by atoms with Gasteiger partial charge < -0.3 is 9.73 Å². The summed E-state index contributed by atoms with van der Waals surface area (Å²) >= 11 is 1.83. The van der Waals surface area contributed by atoms with E-state index in [4.69, 9.17) is 4.42 Å². The third-order valence-electron chi connectivity index (χ3n) is 1.43. The molecule has 0 aliphatic rings. The van der Waals surface area contributed by atoms with Gasteiger partial charge in [0.2, 0.25) is 5.89 Å². The summed E-state index contributed by atoms with van der Waals surface area (Å²) in [7, 11) is 0. The molecule has 0 radical (unpaired) electrons. The average Bonchev–Trinajstić information content (AvgIpc) is 2.45. The second kappa shape index (κ2) is 5.22. The van der Waals surface area contributed by atoms with Gasteiger partial charge in [0.25, 0.3) is 0 Å². The van der Waals surface area contributed by atoms with Crippen LogP contribution in [0.4, 0.5) is 0 Å². The van der Waals surface area contributed by atoms with Crippen LogP contribution in [0.5, 0.6) is 0 Å². The predicted octanol–water partition coefficient (Wildman–Crippen LogP) is 1.44. The van der Waals surface area contributed by atoms with E-state index in [-0.39, 0.29) is 0 Å². The Bertz CT molecular complexity index is 225. The van der Waals surface area contributed by atoms with Crippen molar-refractivity contribution >= 4 is 11.8 Å². The molecule has 0 aliphatic heterocycles. The van der Waals surface area contributed by atoms with Crippen LogP contribution in [0.25, 0.3) is 0 Å². The van der Waals surface area contributed by atoms with Crippen LogP contribution in [0.2, 0.25) is 0 Å². The fourth-order valence-corrected chi connectivity index (χ4v) is 1.20. The first-order valence-corrected chi connectivity index (χ1v) is 5.33. The molecular weight excluding hydrogens is 172 g/mol. The SMILES string of the molecule is CSCCNCc1ncc(C)o1. The van der Waals surface area contributed by atoms with Gasteiger partial charge in [-0.1, -0.05) is 0 Å². The van der Waals surface area contributed by atoms with Crippen molar-refractivity contribution in [2.75, 3.05) is 18.6 Å². The molecule has 0 bridgehead atoms. The summed E-state index contributed by atoms with van der Waals surface area (Å²) in [4.78, 5) is 4.08. The lowest BCUT2D eigenvalue weighted by molar-refractivity contribution is 0.453. The van der Waals surface area contributed by atoms with Crippen LogP contribution < -0.4 is 5.32 Å². The third kappa shape index (κ3) is 3.28. The summed E-state index contributed by atoms with van der Waals surface area (Å²) in [6, 6.07) is 0. The zero-order valence-electron chi connectivity index (χ0n) is 7.46. The molecule has 12 heavy (non-hydrogen) atoms. The number of aromatic nitrogens is 1. The zero-order valence-corrected chi connectivity index (χ0v) is 8.28. The molecule has 0 aliphatic carbocycles. The lowest BCUT2D eigenvalue weighted by atomic mass is 10.6. The van der Waals surface area contributed by atoms with Crippen LogP contribution in [-0.2, 0) is 6.54 Å². The van der Waals surface area contributed by atoms with Crippen molar-refractivity contribution in [2.24, 2.45) is 0 Å². The van der Waals surface area contributed by atoms with E-state index in [1.807, 2.05) is 18.7 Å². The standard InChI is InChI=1S/C8H14N2OS/c1-7-5-10-8(11-7)6-9-3-4-12-2/h5,9H,3-4,6H2,1-2H3. The molecule has 1 rings (SSSR count). The normalized spacial score (nSPS) is 10.5. The highest BCUT2D eigenvalue weighted by Crippen LogP contribution is 2.00. The van der Waals surface area contributed by atoms with E-state index in [0.29, 0.717) is 0 Å². The molecule has 1 heterocycles. The molecule has 0 atom stereocenters. The maximum atomic E-state index is 5.28. The molecule has 0 amide bonds. The van der Waals surface area contributed by atoms with Crippen molar-refractivity contribution in [3.05, 3.63) is 17.8 Å². The second-order valence-corrected chi connectivity index (χ2v) is 3.52. The van der Waals surface area contributed by atoms with Gasteiger partial charge in [0.05, 0.1) is 12.7 Å². The Morgan fingerprint density at radius 3 is 3.08 bits per heavy atom. The maximum absolute atomic E-state index is 5.28. The molecule has 68 valence electrons. The fraction of sp³-hybridized carbons (Fsp3) is 0.625. The van der Waals surface area contributed by atoms with E-state index < -0.39 is 0 Å². The van der Waals surface area contributed by atoms with E-state index in [9.17, 15) is 0 Å². The fourth-order valence-electron chi connectivity index (χ4n) is 0.853. The molecule has 0 aromatic carbocycles. The minimum atomic E-state index is 0.731.